The van der Waals surface area contributed by atoms with Crippen LogP contribution in [0.15, 0.2) is 24.3 Å². The Bertz CT molecular complexity index is 1020. The van der Waals surface area contributed by atoms with Crippen LogP contribution in [0.2, 0.25) is 0 Å². The third-order valence-corrected chi connectivity index (χ3v) is 10.7. The van der Waals surface area contributed by atoms with Crippen LogP contribution in [-0.2, 0) is 37.0 Å². The van der Waals surface area contributed by atoms with Crippen LogP contribution in [0, 0.1) is 0 Å². The number of unbranched alkanes of at least 4 members (excludes halogenated alkanes) is 22. The van der Waals surface area contributed by atoms with E-state index in [1.54, 1.807) is 0 Å². The zero-order valence-corrected chi connectivity index (χ0v) is 36.3. The molecule has 9 N–H and O–H groups in total. The monoisotopic (exact) mass is 815 g/mol. The van der Waals surface area contributed by atoms with E-state index in [4.69, 9.17) is 14.4 Å². The van der Waals surface area contributed by atoms with Crippen LogP contribution in [0.5, 0.6) is 0 Å². The quantitative estimate of drug-likeness (QED) is 0.0229. The van der Waals surface area contributed by atoms with Crippen molar-refractivity contribution in [3.8, 4) is 0 Å². The molecular weight excluding hydrogens is 734 g/mol. The summed E-state index contributed by atoms with van der Waals surface area (Å²) in [6.07, 6.45) is 37.1. The summed E-state index contributed by atoms with van der Waals surface area (Å²) in [6.45, 7) is 3.13. The van der Waals surface area contributed by atoms with Gasteiger partial charge in [-0.15, -0.1) is 0 Å². The summed E-state index contributed by atoms with van der Waals surface area (Å²) < 4.78 is 41.2. The van der Waals surface area contributed by atoms with E-state index in [1.807, 2.05) is 0 Å². The fraction of sp³-hybridized carbons (Fsp3) is 0.846. The van der Waals surface area contributed by atoms with Crippen molar-refractivity contribution in [2.75, 3.05) is 13.2 Å². The minimum Gasteiger partial charge on any atom is -0.756 e. The minimum absolute atomic E-state index is 0. The van der Waals surface area contributed by atoms with Gasteiger partial charge in [-0.2, -0.15) is 0 Å². The molecule has 0 aromatic rings. The highest BCUT2D eigenvalue weighted by Gasteiger charge is 2.23. The molecule has 0 aromatic heterocycles. The van der Waals surface area contributed by atoms with Crippen molar-refractivity contribution < 1.29 is 51.7 Å². The summed E-state index contributed by atoms with van der Waals surface area (Å²) >= 11 is 0. The number of phosphoric ester groups is 1. The molecule has 0 spiro atoms. The summed E-state index contributed by atoms with van der Waals surface area (Å²) in [5, 5.41) is 0. The molecule has 0 aromatic carbocycles. The second kappa shape index (κ2) is 39.8. The molecule has 0 bridgehead atoms. The van der Waals surface area contributed by atoms with E-state index in [0.717, 1.165) is 77.0 Å². The molecule has 0 rings (SSSR count). The lowest BCUT2D eigenvalue weighted by Gasteiger charge is -2.28. The number of esters is 2. The summed E-state index contributed by atoms with van der Waals surface area (Å²) in [5.74, 6) is -1.16. The van der Waals surface area contributed by atoms with Gasteiger partial charge in [-0.05, 0) is 64.2 Å². The molecule has 0 aliphatic carbocycles. The smallest absolute Gasteiger partial charge is 0.306 e. The van der Waals surface area contributed by atoms with Crippen molar-refractivity contribution in [2.45, 2.75) is 200 Å². The fourth-order valence-corrected chi connectivity index (χ4v) is 7.17. The molecule has 0 radical (unpaired) electrons. The van der Waals surface area contributed by atoms with Gasteiger partial charge in [-0.25, -0.2) is 4.31 Å². The first-order valence-electron chi connectivity index (χ1n) is 20.3. The summed E-state index contributed by atoms with van der Waals surface area (Å²) in [6, 6.07) is 0. The SMILES string of the molecule is CCCCCCCC/C=C/CCCCCCCC(=O)OCC(COP(=O)([O-])OP(=O)([O-])O)OC(=O)CCCCCCC/C=C/CCCCCCCC.[NH4+].[NH4+]. The van der Waals surface area contributed by atoms with Gasteiger partial charge < -0.3 is 41.0 Å². The van der Waals surface area contributed by atoms with Crippen molar-refractivity contribution in [1.82, 2.24) is 12.3 Å². The van der Waals surface area contributed by atoms with E-state index in [2.05, 4.69) is 47.0 Å². The largest absolute Gasteiger partial charge is 0.756 e. The number of carbonyl (C=O) groups is 2. The van der Waals surface area contributed by atoms with Crippen LogP contribution in [0.3, 0.4) is 0 Å². The summed E-state index contributed by atoms with van der Waals surface area (Å²) in [7, 11) is -11.1. The van der Waals surface area contributed by atoms with Crippen molar-refractivity contribution in [1.29, 1.82) is 0 Å². The lowest BCUT2D eigenvalue weighted by atomic mass is 10.1. The third-order valence-electron chi connectivity index (χ3n) is 8.64. The Hall–Kier alpha value is -1.40. The average molecular weight is 815 g/mol. The maximum atomic E-state index is 12.5. The van der Waals surface area contributed by atoms with Gasteiger partial charge in [0.15, 0.2) is 6.10 Å². The standard InChI is InChI=1S/C39H74O11P2.2H3N/c1-3-5-7-9-11-13-15-17-19-21-23-25-27-29-31-33-38(40)47-35-37(36-48-52(45,46)50-51(42,43)44)49-39(41)34-32-30-28-26-24-22-20-18-16-14-12-10-8-6-4-2;;/h17-20,37H,3-16,21-36H2,1-2H3,(H,45,46)(H2,42,43,44);2*1H3/b19-17+,20-18+;;. The molecule has 0 aliphatic heterocycles. The third kappa shape index (κ3) is 43.3. The molecule has 0 aliphatic rings. The maximum Gasteiger partial charge on any atom is 0.306 e. The van der Waals surface area contributed by atoms with Crippen LogP contribution < -0.4 is 22.1 Å². The number of hydrogen-bond acceptors (Lipinski definition) is 10. The number of quaternary nitrogens is 2. The van der Waals surface area contributed by atoms with Crippen molar-refractivity contribution in [3.05, 3.63) is 24.3 Å². The molecule has 0 amide bonds. The molecule has 0 saturated heterocycles. The van der Waals surface area contributed by atoms with Crippen LogP contribution in [0.25, 0.3) is 0 Å². The Morgan fingerprint density at radius 2 is 0.907 bits per heavy atom. The van der Waals surface area contributed by atoms with Gasteiger partial charge in [0.2, 0.25) is 0 Å². The lowest BCUT2D eigenvalue weighted by Crippen LogP contribution is -2.30. The van der Waals surface area contributed by atoms with E-state index < -0.39 is 46.9 Å². The van der Waals surface area contributed by atoms with Crippen LogP contribution >= 0.6 is 15.6 Å². The van der Waals surface area contributed by atoms with Gasteiger partial charge in [-0.1, -0.05) is 141 Å². The Kier molecular flexibility index (Phi) is 42.0. The van der Waals surface area contributed by atoms with Crippen molar-refractivity contribution in [2.24, 2.45) is 0 Å². The number of allylic oxidation sites excluding steroid dienone is 4. The van der Waals surface area contributed by atoms with E-state index in [9.17, 15) is 28.5 Å². The van der Waals surface area contributed by atoms with E-state index in [1.165, 1.54) is 77.0 Å². The molecule has 15 heteroatoms. The van der Waals surface area contributed by atoms with E-state index in [0.29, 0.717) is 12.8 Å². The second-order valence-corrected chi connectivity index (χ2v) is 16.5. The predicted octanol–water partition coefficient (Wildman–Crippen LogP) is 11.2. The minimum atomic E-state index is -5.63. The van der Waals surface area contributed by atoms with Gasteiger partial charge in [0, 0.05) is 12.8 Å². The highest BCUT2D eigenvalue weighted by Crippen LogP contribution is 2.52. The molecule has 3 unspecified atom stereocenters. The number of ether oxygens (including phenoxy) is 2. The Morgan fingerprint density at radius 1 is 0.556 bits per heavy atom. The Labute approximate surface area is 328 Å². The van der Waals surface area contributed by atoms with Crippen LogP contribution in [0.4, 0.5) is 0 Å². The first kappa shape index (κ1) is 56.9. The number of rotatable bonds is 38. The lowest BCUT2D eigenvalue weighted by molar-refractivity contribution is -0.242. The zero-order chi connectivity index (χ0) is 38.6. The topological polar surface area (TPSA) is 245 Å². The van der Waals surface area contributed by atoms with Gasteiger partial charge in [0.05, 0.1) is 6.61 Å². The van der Waals surface area contributed by atoms with Crippen molar-refractivity contribution in [3.63, 3.8) is 0 Å². The Balaban J connectivity index is -0.0000130. The first-order valence-corrected chi connectivity index (χ1v) is 23.3. The molecular formula is C39H80N2O11P2. The second-order valence-electron chi connectivity index (χ2n) is 13.8. The molecule has 0 heterocycles. The Morgan fingerprint density at radius 3 is 1.30 bits per heavy atom. The number of carbonyl (C=O) groups excluding carboxylic acids is 2. The zero-order valence-electron chi connectivity index (χ0n) is 34.5. The van der Waals surface area contributed by atoms with Gasteiger partial charge in [-0.3, -0.25) is 18.7 Å². The highest BCUT2D eigenvalue weighted by atomic mass is 31.3. The molecule has 0 saturated carbocycles. The molecule has 54 heavy (non-hydrogen) atoms. The normalized spacial score (nSPS) is 14.2. The van der Waals surface area contributed by atoms with E-state index in [-0.39, 0.29) is 25.1 Å². The van der Waals surface area contributed by atoms with Crippen LogP contribution in [0.1, 0.15) is 194 Å². The predicted molar refractivity (Wildman–Crippen MR) is 216 cm³/mol. The number of hydrogen-bond donors (Lipinski definition) is 3. The molecule has 0 fully saturated rings. The number of phosphoric acid groups is 2. The van der Waals surface area contributed by atoms with Gasteiger partial charge in [0.1, 0.15) is 6.61 Å². The maximum absolute atomic E-state index is 12.5. The molecule has 322 valence electrons. The molecule has 3 atom stereocenters. The van der Waals surface area contributed by atoms with Gasteiger partial charge >= 0.3 is 11.9 Å². The van der Waals surface area contributed by atoms with Gasteiger partial charge in [0.25, 0.3) is 15.6 Å². The van der Waals surface area contributed by atoms with Crippen LogP contribution in [-0.4, -0.2) is 36.1 Å². The molecule has 13 nitrogen and oxygen atoms in total. The average Bonchev–Trinajstić information content (AvgIpc) is 3.08. The first-order chi connectivity index (χ1) is 25.0. The summed E-state index contributed by atoms with van der Waals surface area (Å²) in [4.78, 5) is 56.1. The summed E-state index contributed by atoms with van der Waals surface area (Å²) in [5.41, 5.74) is 0. The highest BCUT2D eigenvalue weighted by molar-refractivity contribution is 7.59. The fourth-order valence-electron chi connectivity index (χ4n) is 5.62. The van der Waals surface area contributed by atoms with Crippen molar-refractivity contribution >= 4 is 27.6 Å². The van der Waals surface area contributed by atoms with E-state index >= 15 is 0 Å².